The number of aromatic nitrogens is 3. The van der Waals surface area contributed by atoms with Crippen LogP contribution >= 0.6 is 0 Å². The number of benzene rings is 1. The lowest BCUT2D eigenvalue weighted by atomic mass is 9.98. The molecule has 1 atom stereocenters. The molecule has 2 aromatic rings. The second-order valence-corrected chi connectivity index (χ2v) is 4.95. The maximum absolute atomic E-state index is 9.23. The highest BCUT2D eigenvalue weighted by atomic mass is 16.3. The predicted octanol–water partition coefficient (Wildman–Crippen LogP) is 1.81. The SMILES string of the molecule is Cc1ccccc1-c1nnc2n1CCC(CO)C2. The van der Waals surface area contributed by atoms with Crippen molar-refractivity contribution in [2.24, 2.45) is 5.92 Å². The molecule has 18 heavy (non-hydrogen) atoms. The van der Waals surface area contributed by atoms with Crippen LogP contribution in [0.15, 0.2) is 24.3 Å². The van der Waals surface area contributed by atoms with E-state index in [1.165, 1.54) is 5.56 Å². The van der Waals surface area contributed by atoms with Gasteiger partial charge in [0.15, 0.2) is 5.82 Å². The van der Waals surface area contributed by atoms with Gasteiger partial charge in [-0.15, -0.1) is 10.2 Å². The zero-order valence-corrected chi connectivity index (χ0v) is 10.5. The molecule has 1 aromatic heterocycles. The number of aryl methyl sites for hydroxylation is 1. The first-order valence-corrected chi connectivity index (χ1v) is 6.38. The van der Waals surface area contributed by atoms with Gasteiger partial charge in [0, 0.05) is 25.1 Å². The molecule has 0 aliphatic carbocycles. The average molecular weight is 243 g/mol. The first kappa shape index (κ1) is 11.4. The molecule has 0 fully saturated rings. The lowest BCUT2D eigenvalue weighted by Gasteiger charge is -2.22. The van der Waals surface area contributed by atoms with Crippen LogP contribution in [0.3, 0.4) is 0 Å². The fourth-order valence-corrected chi connectivity index (χ4v) is 2.57. The number of nitrogens with zero attached hydrogens (tertiary/aromatic N) is 3. The van der Waals surface area contributed by atoms with Crippen LogP contribution in [-0.4, -0.2) is 26.5 Å². The van der Waals surface area contributed by atoms with Crippen molar-refractivity contribution in [3.63, 3.8) is 0 Å². The van der Waals surface area contributed by atoms with E-state index in [2.05, 4.69) is 33.8 Å². The van der Waals surface area contributed by atoms with Gasteiger partial charge in [-0.2, -0.15) is 0 Å². The third-order valence-corrected chi connectivity index (χ3v) is 3.70. The van der Waals surface area contributed by atoms with E-state index in [0.717, 1.165) is 36.6 Å². The third kappa shape index (κ3) is 1.82. The molecule has 1 aromatic carbocycles. The molecule has 0 saturated carbocycles. The summed E-state index contributed by atoms with van der Waals surface area (Å²) in [4.78, 5) is 0. The van der Waals surface area contributed by atoms with Crippen LogP contribution in [0.25, 0.3) is 11.4 Å². The van der Waals surface area contributed by atoms with Crippen molar-refractivity contribution in [2.45, 2.75) is 26.3 Å². The highest BCUT2D eigenvalue weighted by Gasteiger charge is 2.23. The van der Waals surface area contributed by atoms with Gasteiger partial charge in [0.2, 0.25) is 0 Å². The van der Waals surface area contributed by atoms with Gasteiger partial charge in [-0.1, -0.05) is 24.3 Å². The summed E-state index contributed by atoms with van der Waals surface area (Å²) >= 11 is 0. The molecular formula is C14H17N3O. The van der Waals surface area contributed by atoms with Crippen molar-refractivity contribution >= 4 is 0 Å². The molecule has 4 nitrogen and oxygen atoms in total. The topological polar surface area (TPSA) is 50.9 Å². The number of rotatable bonds is 2. The van der Waals surface area contributed by atoms with E-state index in [-0.39, 0.29) is 6.61 Å². The van der Waals surface area contributed by atoms with Gasteiger partial charge in [-0.05, 0) is 24.8 Å². The van der Waals surface area contributed by atoms with Crippen molar-refractivity contribution in [3.05, 3.63) is 35.7 Å². The van der Waals surface area contributed by atoms with Gasteiger partial charge < -0.3 is 9.67 Å². The fraction of sp³-hybridized carbons (Fsp3) is 0.429. The first-order chi connectivity index (χ1) is 8.79. The van der Waals surface area contributed by atoms with Gasteiger partial charge in [0.05, 0.1) is 0 Å². The molecule has 94 valence electrons. The number of fused-ring (bicyclic) bond motifs is 1. The molecule has 1 N–H and O–H groups in total. The van der Waals surface area contributed by atoms with Crippen molar-refractivity contribution in [3.8, 4) is 11.4 Å². The monoisotopic (exact) mass is 243 g/mol. The summed E-state index contributed by atoms with van der Waals surface area (Å²) in [5.41, 5.74) is 2.37. The van der Waals surface area contributed by atoms with Crippen LogP contribution < -0.4 is 0 Å². The van der Waals surface area contributed by atoms with E-state index in [4.69, 9.17) is 0 Å². The Morgan fingerprint density at radius 2 is 2.17 bits per heavy atom. The Labute approximate surface area is 106 Å². The van der Waals surface area contributed by atoms with Crippen molar-refractivity contribution < 1.29 is 5.11 Å². The number of hydrogen-bond donors (Lipinski definition) is 1. The van der Waals surface area contributed by atoms with E-state index in [1.807, 2.05) is 12.1 Å². The summed E-state index contributed by atoms with van der Waals surface area (Å²) in [6.45, 7) is 3.24. The first-order valence-electron chi connectivity index (χ1n) is 6.38. The van der Waals surface area contributed by atoms with Gasteiger partial charge >= 0.3 is 0 Å². The zero-order valence-electron chi connectivity index (χ0n) is 10.5. The molecular weight excluding hydrogens is 226 g/mol. The summed E-state index contributed by atoms with van der Waals surface area (Å²) in [5.74, 6) is 2.30. The highest BCUT2D eigenvalue weighted by Crippen LogP contribution is 2.27. The Balaban J connectivity index is 2.01. The number of aliphatic hydroxyl groups excluding tert-OH is 1. The van der Waals surface area contributed by atoms with Crippen LogP contribution in [0.5, 0.6) is 0 Å². The van der Waals surface area contributed by atoms with Crippen molar-refractivity contribution in [2.75, 3.05) is 6.61 Å². The quantitative estimate of drug-likeness (QED) is 0.875. The lowest BCUT2D eigenvalue weighted by Crippen LogP contribution is -2.22. The molecule has 4 heteroatoms. The number of hydrogen-bond acceptors (Lipinski definition) is 3. The maximum Gasteiger partial charge on any atom is 0.164 e. The van der Waals surface area contributed by atoms with E-state index >= 15 is 0 Å². The Bertz CT molecular complexity index is 562. The normalized spacial score (nSPS) is 18.7. The molecule has 0 saturated heterocycles. The molecule has 1 aliphatic heterocycles. The lowest BCUT2D eigenvalue weighted by molar-refractivity contribution is 0.199. The minimum Gasteiger partial charge on any atom is -0.396 e. The van der Waals surface area contributed by atoms with Crippen LogP contribution in [0, 0.1) is 12.8 Å². The van der Waals surface area contributed by atoms with E-state index in [9.17, 15) is 5.11 Å². The van der Waals surface area contributed by atoms with Gasteiger partial charge in [-0.3, -0.25) is 0 Å². The zero-order chi connectivity index (χ0) is 12.5. The maximum atomic E-state index is 9.23. The van der Waals surface area contributed by atoms with Crippen LogP contribution in [0.1, 0.15) is 17.8 Å². The second-order valence-electron chi connectivity index (χ2n) is 4.95. The van der Waals surface area contributed by atoms with Crippen molar-refractivity contribution in [1.82, 2.24) is 14.8 Å². The molecule has 2 heterocycles. The van der Waals surface area contributed by atoms with Crippen LogP contribution in [0.4, 0.5) is 0 Å². The molecule has 1 unspecified atom stereocenters. The minimum atomic E-state index is 0.243. The summed E-state index contributed by atoms with van der Waals surface area (Å²) in [7, 11) is 0. The summed E-state index contributed by atoms with van der Waals surface area (Å²) in [6, 6.07) is 8.25. The second kappa shape index (κ2) is 4.53. The Morgan fingerprint density at radius 1 is 1.33 bits per heavy atom. The summed E-state index contributed by atoms with van der Waals surface area (Å²) < 4.78 is 2.19. The molecule has 0 spiro atoms. The smallest absolute Gasteiger partial charge is 0.164 e. The molecule has 3 rings (SSSR count). The van der Waals surface area contributed by atoms with Crippen LogP contribution in [0.2, 0.25) is 0 Å². The largest absolute Gasteiger partial charge is 0.396 e. The van der Waals surface area contributed by atoms with E-state index in [1.54, 1.807) is 0 Å². The predicted molar refractivity (Wildman–Crippen MR) is 69.1 cm³/mol. The van der Waals surface area contributed by atoms with Crippen LogP contribution in [-0.2, 0) is 13.0 Å². The Morgan fingerprint density at radius 3 is 2.94 bits per heavy atom. The minimum absolute atomic E-state index is 0.243. The summed E-state index contributed by atoms with van der Waals surface area (Å²) in [5, 5.41) is 17.8. The van der Waals surface area contributed by atoms with Crippen molar-refractivity contribution in [1.29, 1.82) is 0 Å². The van der Waals surface area contributed by atoms with Gasteiger partial charge in [0.1, 0.15) is 5.82 Å². The van der Waals surface area contributed by atoms with Gasteiger partial charge in [-0.25, -0.2) is 0 Å². The molecule has 1 aliphatic rings. The Hall–Kier alpha value is -1.68. The molecule has 0 bridgehead atoms. The fourth-order valence-electron chi connectivity index (χ4n) is 2.57. The average Bonchev–Trinajstić information content (AvgIpc) is 2.82. The third-order valence-electron chi connectivity index (χ3n) is 3.70. The standard InChI is InChI=1S/C14H17N3O/c1-10-4-2-3-5-12(10)14-16-15-13-8-11(9-18)6-7-17(13)14/h2-5,11,18H,6-9H2,1H3. The van der Waals surface area contributed by atoms with Gasteiger partial charge in [0.25, 0.3) is 0 Å². The van der Waals surface area contributed by atoms with E-state index < -0.39 is 0 Å². The summed E-state index contributed by atoms with van der Waals surface area (Å²) in [6.07, 6.45) is 1.83. The highest BCUT2D eigenvalue weighted by molar-refractivity contribution is 5.60. The molecule has 0 amide bonds. The number of aliphatic hydroxyl groups is 1. The molecule has 0 radical (unpaired) electrons. The van der Waals surface area contributed by atoms with E-state index in [0.29, 0.717) is 5.92 Å². The Kier molecular flexibility index (Phi) is 2.88.